The zero-order valence-electron chi connectivity index (χ0n) is 10.8. The van der Waals surface area contributed by atoms with Crippen LogP contribution in [-0.4, -0.2) is 20.1 Å². The van der Waals surface area contributed by atoms with Gasteiger partial charge in [0.15, 0.2) is 0 Å². The normalized spacial score (nSPS) is 10.4. The molecule has 1 N–H and O–H groups in total. The molecule has 0 saturated heterocycles. The molecule has 0 saturated carbocycles. The summed E-state index contributed by atoms with van der Waals surface area (Å²) in [5.41, 5.74) is 4.44. The fraction of sp³-hybridized carbons (Fsp3) is 0.0625. The van der Waals surface area contributed by atoms with Crippen molar-refractivity contribution in [3.05, 3.63) is 66.7 Å². The summed E-state index contributed by atoms with van der Waals surface area (Å²) in [4.78, 5) is 12.7. The quantitative estimate of drug-likeness (QED) is 0.789. The Hall–Kier alpha value is -2.59. The summed E-state index contributed by atoms with van der Waals surface area (Å²) in [6, 6.07) is 11.4. The number of hydrogen-bond donors (Lipinski definition) is 1. The Morgan fingerprint density at radius 3 is 1.60 bits per heavy atom. The summed E-state index contributed by atoms with van der Waals surface area (Å²) < 4.78 is 0. The smallest absolute Gasteiger partial charge is 0.0714 e. The third kappa shape index (κ3) is 2.55. The van der Waals surface area contributed by atoms with Crippen LogP contribution in [0.1, 0.15) is 5.56 Å². The molecule has 4 nitrogen and oxygen atoms in total. The van der Waals surface area contributed by atoms with Gasteiger partial charge in [0.05, 0.1) is 18.0 Å². The van der Waals surface area contributed by atoms with E-state index < -0.39 is 0 Å². The average molecular weight is 263 g/mol. The number of aliphatic hydroxyl groups excluding tert-OH is 1. The molecule has 0 amide bonds. The Kier molecular flexibility index (Phi) is 3.48. The molecule has 0 bridgehead atoms. The second-order valence-corrected chi connectivity index (χ2v) is 4.38. The van der Waals surface area contributed by atoms with Crippen molar-refractivity contribution in [2.45, 2.75) is 6.61 Å². The first-order chi connectivity index (χ1) is 9.86. The summed E-state index contributed by atoms with van der Waals surface area (Å²) >= 11 is 0. The maximum Gasteiger partial charge on any atom is 0.0714 e. The van der Waals surface area contributed by atoms with Gasteiger partial charge in [0.2, 0.25) is 0 Å². The van der Waals surface area contributed by atoms with E-state index >= 15 is 0 Å². The zero-order chi connectivity index (χ0) is 13.8. The number of aliphatic hydroxyl groups is 1. The molecule has 3 rings (SSSR count). The van der Waals surface area contributed by atoms with Gasteiger partial charge < -0.3 is 5.11 Å². The number of nitrogens with zero attached hydrogens (tertiary/aromatic N) is 3. The number of rotatable bonds is 3. The average Bonchev–Trinajstić information content (AvgIpc) is 2.56. The Labute approximate surface area is 116 Å². The van der Waals surface area contributed by atoms with Crippen molar-refractivity contribution in [1.29, 1.82) is 0 Å². The minimum absolute atomic E-state index is 0.0152. The molecule has 0 spiro atoms. The maximum absolute atomic E-state index is 9.43. The van der Waals surface area contributed by atoms with Gasteiger partial charge in [-0.1, -0.05) is 0 Å². The molecule has 3 aromatic heterocycles. The molecule has 0 aliphatic heterocycles. The van der Waals surface area contributed by atoms with Crippen LogP contribution in [0.5, 0.6) is 0 Å². The minimum Gasteiger partial charge on any atom is -0.392 e. The largest absolute Gasteiger partial charge is 0.392 e. The highest BCUT2D eigenvalue weighted by Gasteiger charge is 2.06. The molecule has 0 radical (unpaired) electrons. The second-order valence-electron chi connectivity index (χ2n) is 4.38. The van der Waals surface area contributed by atoms with Gasteiger partial charge in [-0.15, -0.1) is 0 Å². The predicted molar refractivity (Wildman–Crippen MR) is 76.6 cm³/mol. The molecule has 0 aliphatic carbocycles. The lowest BCUT2D eigenvalue weighted by molar-refractivity contribution is 0.282. The molecular weight excluding hydrogens is 250 g/mol. The highest BCUT2D eigenvalue weighted by Crippen LogP contribution is 2.24. The Morgan fingerprint density at radius 2 is 1.20 bits per heavy atom. The summed E-state index contributed by atoms with van der Waals surface area (Å²) in [6.45, 7) is -0.0152. The lowest BCUT2D eigenvalue weighted by Crippen LogP contribution is -1.93. The van der Waals surface area contributed by atoms with Crippen molar-refractivity contribution in [3.8, 4) is 22.5 Å². The third-order valence-electron chi connectivity index (χ3n) is 3.02. The van der Waals surface area contributed by atoms with Gasteiger partial charge in [0, 0.05) is 35.9 Å². The highest BCUT2D eigenvalue weighted by molar-refractivity contribution is 5.66. The van der Waals surface area contributed by atoms with Gasteiger partial charge in [-0.2, -0.15) is 0 Å². The first kappa shape index (κ1) is 12.4. The summed E-state index contributed by atoms with van der Waals surface area (Å²) in [5, 5.41) is 9.43. The van der Waals surface area contributed by atoms with E-state index in [1.165, 1.54) is 0 Å². The van der Waals surface area contributed by atoms with Gasteiger partial charge in [-0.3, -0.25) is 9.97 Å². The summed E-state index contributed by atoms with van der Waals surface area (Å²) in [6.07, 6.45) is 6.92. The van der Waals surface area contributed by atoms with E-state index in [-0.39, 0.29) is 6.61 Å². The third-order valence-corrected chi connectivity index (χ3v) is 3.02. The molecule has 0 aromatic carbocycles. The first-order valence-electron chi connectivity index (χ1n) is 6.29. The Morgan fingerprint density at radius 1 is 0.750 bits per heavy atom. The second kappa shape index (κ2) is 5.59. The van der Waals surface area contributed by atoms with Crippen LogP contribution in [0.15, 0.2) is 61.2 Å². The SMILES string of the molecule is OCc1cc(-c2ccncc2)nc(-c2ccncc2)c1. The van der Waals surface area contributed by atoms with E-state index in [4.69, 9.17) is 0 Å². The molecule has 0 atom stereocenters. The molecule has 20 heavy (non-hydrogen) atoms. The van der Waals surface area contributed by atoms with Crippen LogP contribution >= 0.6 is 0 Å². The van der Waals surface area contributed by atoms with Crippen LogP contribution < -0.4 is 0 Å². The van der Waals surface area contributed by atoms with Crippen molar-refractivity contribution in [1.82, 2.24) is 15.0 Å². The molecule has 4 heteroatoms. The van der Waals surface area contributed by atoms with Crippen LogP contribution in [0.2, 0.25) is 0 Å². The van der Waals surface area contributed by atoms with E-state index in [0.717, 1.165) is 28.1 Å². The van der Waals surface area contributed by atoms with Crippen molar-refractivity contribution in [2.24, 2.45) is 0 Å². The molecule has 0 unspecified atom stereocenters. The van der Waals surface area contributed by atoms with Crippen molar-refractivity contribution in [2.75, 3.05) is 0 Å². The fourth-order valence-electron chi connectivity index (χ4n) is 2.02. The summed E-state index contributed by atoms with van der Waals surface area (Å²) in [7, 11) is 0. The number of hydrogen-bond acceptors (Lipinski definition) is 4. The molecule has 98 valence electrons. The Bertz CT molecular complexity index is 642. The lowest BCUT2D eigenvalue weighted by Gasteiger charge is -2.08. The van der Waals surface area contributed by atoms with Gasteiger partial charge in [-0.25, -0.2) is 4.98 Å². The van der Waals surface area contributed by atoms with E-state index in [0.29, 0.717) is 0 Å². The van der Waals surface area contributed by atoms with E-state index in [1.807, 2.05) is 36.4 Å². The van der Waals surface area contributed by atoms with E-state index in [1.54, 1.807) is 24.8 Å². The first-order valence-corrected chi connectivity index (χ1v) is 6.29. The van der Waals surface area contributed by atoms with Crippen molar-refractivity contribution in [3.63, 3.8) is 0 Å². The molecular formula is C16H13N3O. The summed E-state index contributed by atoms with van der Waals surface area (Å²) in [5.74, 6) is 0. The van der Waals surface area contributed by atoms with Gasteiger partial charge in [0.1, 0.15) is 0 Å². The zero-order valence-corrected chi connectivity index (χ0v) is 10.8. The molecule has 3 aromatic rings. The van der Waals surface area contributed by atoms with Crippen LogP contribution in [0.3, 0.4) is 0 Å². The number of aromatic nitrogens is 3. The monoisotopic (exact) mass is 263 g/mol. The van der Waals surface area contributed by atoms with Crippen molar-refractivity contribution >= 4 is 0 Å². The highest BCUT2D eigenvalue weighted by atomic mass is 16.3. The van der Waals surface area contributed by atoms with Crippen LogP contribution in [-0.2, 0) is 6.61 Å². The molecule has 3 heterocycles. The van der Waals surface area contributed by atoms with Crippen LogP contribution in [0.25, 0.3) is 22.5 Å². The Balaban J connectivity index is 2.13. The van der Waals surface area contributed by atoms with Gasteiger partial charge >= 0.3 is 0 Å². The topological polar surface area (TPSA) is 58.9 Å². The number of pyridine rings is 3. The predicted octanol–water partition coefficient (Wildman–Crippen LogP) is 2.70. The van der Waals surface area contributed by atoms with Gasteiger partial charge in [-0.05, 0) is 42.0 Å². The molecule has 0 aliphatic rings. The van der Waals surface area contributed by atoms with Crippen LogP contribution in [0, 0.1) is 0 Å². The standard InChI is InChI=1S/C16H13N3O/c20-11-12-9-15(13-1-5-17-6-2-13)19-16(10-12)14-3-7-18-8-4-14/h1-10,20H,11H2. The van der Waals surface area contributed by atoms with E-state index in [2.05, 4.69) is 15.0 Å². The maximum atomic E-state index is 9.43. The molecule has 0 fully saturated rings. The van der Waals surface area contributed by atoms with Crippen LogP contribution in [0.4, 0.5) is 0 Å². The lowest BCUT2D eigenvalue weighted by atomic mass is 10.1. The van der Waals surface area contributed by atoms with E-state index in [9.17, 15) is 5.11 Å². The van der Waals surface area contributed by atoms with Gasteiger partial charge in [0.25, 0.3) is 0 Å². The minimum atomic E-state index is -0.0152. The fourth-order valence-corrected chi connectivity index (χ4v) is 2.02. The van der Waals surface area contributed by atoms with Crippen molar-refractivity contribution < 1.29 is 5.11 Å².